The molecule has 6 heteroatoms. The number of amides is 1. The molecule has 110 valence electrons. The Bertz CT molecular complexity index is 525. The lowest BCUT2D eigenvalue weighted by Crippen LogP contribution is -2.54. The summed E-state index contributed by atoms with van der Waals surface area (Å²) in [6.45, 7) is 4.71. The number of hydrogen-bond acceptors (Lipinski definition) is 2. The maximum Gasteiger partial charge on any atom is 0.259 e. The van der Waals surface area contributed by atoms with Gasteiger partial charge < -0.3 is 10.6 Å². The number of nitrogens with two attached hydrogens (primary N) is 1. The number of nitrogens with zero attached hydrogens (tertiary/aromatic N) is 1. The van der Waals surface area contributed by atoms with Gasteiger partial charge in [-0.1, -0.05) is 29.8 Å². The molecule has 1 aliphatic heterocycles. The van der Waals surface area contributed by atoms with Crippen LogP contribution in [0.1, 0.15) is 30.6 Å². The first kappa shape index (κ1) is 15.4. The summed E-state index contributed by atoms with van der Waals surface area (Å²) in [5.41, 5.74) is 5.23. The van der Waals surface area contributed by atoms with Gasteiger partial charge in [-0.15, -0.1) is 0 Å². The highest BCUT2D eigenvalue weighted by Crippen LogP contribution is 2.29. The van der Waals surface area contributed by atoms with Crippen LogP contribution in [0.25, 0.3) is 0 Å². The fourth-order valence-corrected chi connectivity index (χ4v) is 2.85. The van der Waals surface area contributed by atoms with E-state index >= 15 is 0 Å². The lowest BCUT2D eigenvalue weighted by Gasteiger charge is -2.42. The van der Waals surface area contributed by atoms with Gasteiger partial charge in [0.15, 0.2) is 0 Å². The molecule has 1 fully saturated rings. The van der Waals surface area contributed by atoms with Crippen LogP contribution in [0.3, 0.4) is 0 Å². The van der Waals surface area contributed by atoms with Crippen molar-refractivity contribution >= 4 is 21.8 Å². The second-order valence-electron chi connectivity index (χ2n) is 5.85. The molecule has 0 bridgehead atoms. The Hall–Kier alpha value is -1.01. The topological polar surface area (TPSA) is 46.3 Å². The number of carbonyl (C=O) groups excluding carboxylic acids is 1. The zero-order chi connectivity index (χ0) is 15.1. The number of carbonyl (C=O) groups is 1. The molecule has 1 amide bonds. The Morgan fingerprint density at radius 2 is 1.95 bits per heavy atom. The highest BCUT2D eigenvalue weighted by atomic mass is 79.9. The molecule has 20 heavy (non-hydrogen) atoms. The van der Waals surface area contributed by atoms with Gasteiger partial charge in [0.1, 0.15) is 17.2 Å². The van der Waals surface area contributed by atoms with Gasteiger partial charge in [-0.25, -0.2) is 8.78 Å². The number of likely N-dealkylation sites (tertiary alicyclic amines) is 1. The van der Waals surface area contributed by atoms with E-state index in [0.717, 1.165) is 12.1 Å². The van der Waals surface area contributed by atoms with E-state index in [9.17, 15) is 13.6 Å². The number of halogens is 3. The molecule has 3 nitrogen and oxygen atoms in total. The second-order valence-corrected chi connectivity index (χ2v) is 6.77. The van der Waals surface area contributed by atoms with Gasteiger partial charge in [0.25, 0.3) is 5.91 Å². The Morgan fingerprint density at radius 1 is 1.40 bits per heavy atom. The Labute approximate surface area is 125 Å². The third kappa shape index (κ3) is 2.86. The van der Waals surface area contributed by atoms with Crippen molar-refractivity contribution < 1.29 is 13.6 Å². The Kier molecular flexibility index (Phi) is 4.16. The molecule has 1 aromatic carbocycles. The van der Waals surface area contributed by atoms with Crippen LogP contribution in [-0.2, 0) is 0 Å². The van der Waals surface area contributed by atoms with E-state index in [1.165, 1.54) is 4.90 Å². The van der Waals surface area contributed by atoms with Gasteiger partial charge in [0, 0.05) is 23.6 Å². The zero-order valence-electron chi connectivity index (χ0n) is 11.4. The molecule has 1 unspecified atom stereocenters. The Morgan fingerprint density at radius 3 is 2.45 bits per heavy atom. The summed E-state index contributed by atoms with van der Waals surface area (Å²) in [6, 6.07) is 2.17. The maximum atomic E-state index is 13.8. The van der Waals surface area contributed by atoms with Crippen molar-refractivity contribution in [1.29, 1.82) is 0 Å². The summed E-state index contributed by atoms with van der Waals surface area (Å²) in [5.74, 6) is -2.32. The summed E-state index contributed by atoms with van der Waals surface area (Å²) in [4.78, 5) is 13.8. The highest BCUT2D eigenvalue weighted by molar-refractivity contribution is 9.10. The van der Waals surface area contributed by atoms with Gasteiger partial charge in [0.05, 0.1) is 0 Å². The first-order valence-corrected chi connectivity index (χ1v) is 7.21. The van der Waals surface area contributed by atoms with E-state index in [1.807, 2.05) is 13.8 Å². The monoisotopic (exact) mass is 346 g/mol. The minimum atomic E-state index is -0.852. The van der Waals surface area contributed by atoms with Gasteiger partial charge in [-0.3, -0.25) is 4.79 Å². The van der Waals surface area contributed by atoms with Crippen LogP contribution in [0, 0.1) is 17.0 Å². The molecule has 0 aliphatic carbocycles. The quantitative estimate of drug-likeness (QED) is 0.849. The van der Waals surface area contributed by atoms with E-state index in [4.69, 9.17) is 5.73 Å². The van der Waals surface area contributed by atoms with E-state index in [0.29, 0.717) is 19.5 Å². The average molecular weight is 347 g/mol. The molecule has 2 N–H and O–H groups in total. The van der Waals surface area contributed by atoms with Crippen molar-refractivity contribution in [1.82, 2.24) is 4.90 Å². The summed E-state index contributed by atoms with van der Waals surface area (Å²) >= 11 is 3.00. The zero-order valence-corrected chi connectivity index (χ0v) is 13.0. The number of piperidine rings is 1. The van der Waals surface area contributed by atoms with Crippen LogP contribution in [-0.4, -0.2) is 29.9 Å². The maximum absolute atomic E-state index is 13.8. The number of hydrogen-bond donors (Lipinski definition) is 1. The van der Waals surface area contributed by atoms with E-state index in [-0.39, 0.29) is 15.9 Å². The van der Waals surface area contributed by atoms with E-state index in [2.05, 4.69) is 15.9 Å². The predicted molar refractivity (Wildman–Crippen MR) is 76.3 cm³/mol. The van der Waals surface area contributed by atoms with Crippen LogP contribution >= 0.6 is 15.9 Å². The van der Waals surface area contributed by atoms with Crippen molar-refractivity contribution in [3.8, 4) is 0 Å². The summed E-state index contributed by atoms with van der Waals surface area (Å²) in [7, 11) is 0. The minimum Gasteiger partial charge on any atom is -0.338 e. The molecular weight excluding hydrogens is 330 g/mol. The van der Waals surface area contributed by atoms with Crippen molar-refractivity contribution in [3.63, 3.8) is 0 Å². The SMILES string of the molecule is CC1(C)CN(C(=O)c2c(F)cc(Br)cc2F)CCC1N. The van der Waals surface area contributed by atoms with Gasteiger partial charge in [-0.05, 0) is 24.0 Å². The fraction of sp³-hybridized carbons (Fsp3) is 0.500. The molecule has 1 saturated heterocycles. The molecule has 1 heterocycles. The summed E-state index contributed by atoms with van der Waals surface area (Å²) in [5, 5.41) is 0. The van der Waals surface area contributed by atoms with Crippen LogP contribution in [0.5, 0.6) is 0 Å². The standard InChI is InChI=1S/C14H17BrF2N2O/c1-14(2)7-19(4-3-11(14)18)13(20)12-9(16)5-8(15)6-10(12)17/h5-6,11H,3-4,7,18H2,1-2H3. The number of rotatable bonds is 1. The minimum absolute atomic E-state index is 0.0221. The average Bonchev–Trinajstić information content (AvgIpc) is 2.31. The van der Waals surface area contributed by atoms with Crippen LogP contribution < -0.4 is 5.73 Å². The molecule has 0 aromatic heterocycles. The van der Waals surface area contributed by atoms with Crippen molar-refractivity contribution in [3.05, 3.63) is 33.8 Å². The fourth-order valence-electron chi connectivity index (χ4n) is 2.45. The molecule has 0 saturated carbocycles. The van der Waals surface area contributed by atoms with Gasteiger partial charge in [0.2, 0.25) is 0 Å². The van der Waals surface area contributed by atoms with Crippen molar-refractivity contribution in [2.24, 2.45) is 11.1 Å². The molecule has 0 radical (unpaired) electrons. The predicted octanol–water partition coefficient (Wildman–Crippen LogP) is 2.93. The lowest BCUT2D eigenvalue weighted by molar-refractivity contribution is 0.0524. The molecular formula is C14H17BrF2N2O. The lowest BCUT2D eigenvalue weighted by atomic mass is 9.79. The summed E-state index contributed by atoms with van der Waals surface area (Å²) in [6.07, 6.45) is 0.624. The molecule has 2 rings (SSSR count). The highest BCUT2D eigenvalue weighted by Gasteiger charge is 2.36. The molecule has 1 aromatic rings. The van der Waals surface area contributed by atoms with Crippen LogP contribution in [0.4, 0.5) is 8.78 Å². The van der Waals surface area contributed by atoms with Crippen molar-refractivity contribution in [2.75, 3.05) is 13.1 Å². The van der Waals surface area contributed by atoms with Gasteiger partial charge >= 0.3 is 0 Å². The first-order valence-electron chi connectivity index (χ1n) is 6.42. The van der Waals surface area contributed by atoms with Crippen LogP contribution in [0.2, 0.25) is 0 Å². The normalized spacial score (nSPS) is 21.9. The second kappa shape index (κ2) is 5.41. The summed E-state index contributed by atoms with van der Waals surface area (Å²) < 4.78 is 28.0. The van der Waals surface area contributed by atoms with Crippen LogP contribution in [0.15, 0.2) is 16.6 Å². The molecule has 0 spiro atoms. The van der Waals surface area contributed by atoms with E-state index < -0.39 is 23.1 Å². The largest absolute Gasteiger partial charge is 0.338 e. The van der Waals surface area contributed by atoms with Gasteiger partial charge in [-0.2, -0.15) is 0 Å². The molecule has 1 atom stereocenters. The third-order valence-corrected chi connectivity index (χ3v) is 4.28. The molecule has 1 aliphatic rings. The number of benzene rings is 1. The van der Waals surface area contributed by atoms with E-state index in [1.54, 1.807) is 0 Å². The Balaban J connectivity index is 2.29. The first-order chi connectivity index (χ1) is 9.22. The third-order valence-electron chi connectivity index (χ3n) is 3.82. The van der Waals surface area contributed by atoms with Crippen molar-refractivity contribution in [2.45, 2.75) is 26.3 Å². The smallest absolute Gasteiger partial charge is 0.259 e.